The van der Waals surface area contributed by atoms with E-state index in [0.29, 0.717) is 16.9 Å². The molecular formula is C26H31FN4O3. The van der Waals surface area contributed by atoms with Gasteiger partial charge >= 0.3 is 5.97 Å². The summed E-state index contributed by atoms with van der Waals surface area (Å²) in [5, 5.41) is 13.1. The van der Waals surface area contributed by atoms with Gasteiger partial charge in [0.2, 0.25) is 5.95 Å². The summed E-state index contributed by atoms with van der Waals surface area (Å²) in [7, 11) is 1.75. The number of piperidine rings is 1. The van der Waals surface area contributed by atoms with Crippen molar-refractivity contribution in [3.8, 4) is 0 Å². The van der Waals surface area contributed by atoms with E-state index in [1.807, 2.05) is 26.0 Å². The Morgan fingerprint density at radius 1 is 1.24 bits per heavy atom. The molecule has 1 saturated heterocycles. The van der Waals surface area contributed by atoms with Gasteiger partial charge in [0.25, 0.3) is 5.56 Å². The van der Waals surface area contributed by atoms with Crippen molar-refractivity contribution < 1.29 is 14.3 Å². The third kappa shape index (κ3) is 4.36. The molecule has 1 atom stereocenters. The van der Waals surface area contributed by atoms with Crippen LogP contribution in [0.3, 0.4) is 0 Å². The van der Waals surface area contributed by atoms with Crippen LogP contribution >= 0.6 is 0 Å². The Labute approximate surface area is 198 Å². The van der Waals surface area contributed by atoms with Crippen LogP contribution in [0.2, 0.25) is 0 Å². The number of carbonyl (C=O) groups is 1. The summed E-state index contributed by atoms with van der Waals surface area (Å²) < 4.78 is 15.8. The van der Waals surface area contributed by atoms with Gasteiger partial charge in [-0.1, -0.05) is 26.0 Å². The highest BCUT2D eigenvalue weighted by Gasteiger charge is 2.28. The lowest BCUT2D eigenvalue weighted by atomic mass is 9.83. The van der Waals surface area contributed by atoms with Gasteiger partial charge in [0.1, 0.15) is 11.4 Å². The highest BCUT2D eigenvalue weighted by Crippen LogP contribution is 2.33. The number of rotatable bonds is 5. The molecule has 7 nitrogen and oxygen atoms in total. The van der Waals surface area contributed by atoms with Crippen LogP contribution in [0.4, 0.5) is 16.0 Å². The van der Waals surface area contributed by atoms with Crippen LogP contribution < -0.4 is 15.8 Å². The van der Waals surface area contributed by atoms with E-state index in [-0.39, 0.29) is 16.7 Å². The third-order valence-electron chi connectivity index (χ3n) is 6.80. The molecule has 34 heavy (non-hydrogen) atoms. The molecule has 1 fully saturated rings. The highest BCUT2D eigenvalue weighted by atomic mass is 19.1. The lowest BCUT2D eigenvalue weighted by Crippen LogP contribution is -2.40. The first-order valence-electron chi connectivity index (χ1n) is 11.5. The summed E-state index contributed by atoms with van der Waals surface area (Å²) >= 11 is 0. The van der Waals surface area contributed by atoms with Crippen molar-refractivity contribution >= 4 is 28.5 Å². The van der Waals surface area contributed by atoms with E-state index in [1.165, 1.54) is 12.1 Å². The lowest BCUT2D eigenvalue weighted by molar-refractivity contribution is 0.0693. The van der Waals surface area contributed by atoms with Crippen LogP contribution in [0, 0.1) is 18.2 Å². The average Bonchev–Trinajstić information content (AvgIpc) is 2.76. The zero-order valence-corrected chi connectivity index (χ0v) is 20.3. The van der Waals surface area contributed by atoms with Gasteiger partial charge in [-0.2, -0.15) is 0 Å². The first-order chi connectivity index (χ1) is 16.0. The molecule has 0 saturated carbocycles. The van der Waals surface area contributed by atoms with Gasteiger partial charge in [-0.05, 0) is 55.9 Å². The number of nitrogens with one attached hydrogen (secondary N) is 1. The van der Waals surface area contributed by atoms with Gasteiger partial charge in [0.15, 0.2) is 0 Å². The number of aromatic nitrogens is 2. The molecule has 4 rings (SSSR count). The average molecular weight is 467 g/mol. The Morgan fingerprint density at radius 2 is 1.91 bits per heavy atom. The molecule has 1 aliphatic heterocycles. The largest absolute Gasteiger partial charge is 0.478 e. The minimum Gasteiger partial charge on any atom is -0.478 e. The molecule has 2 N–H and O–H groups in total. The van der Waals surface area contributed by atoms with Gasteiger partial charge < -0.3 is 15.3 Å². The zero-order valence-electron chi connectivity index (χ0n) is 20.3. The fourth-order valence-corrected chi connectivity index (χ4v) is 4.64. The van der Waals surface area contributed by atoms with Crippen molar-refractivity contribution in [3.05, 3.63) is 63.2 Å². The molecule has 180 valence electrons. The van der Waals surface area contributed by atoms with Crippen molar-refractivity contribution in [2.24, 2.45) is 12.5 Å². The van der Waals surface area contributed by atoms with Gasteiger partial charge in [-0.3, -0.25) is 9.36 Å². The predicted molar refractivity (Wildman–Crippen MR) is 132 cm³/mol. The molecule has 8 heteroatoms. The minimum absolute atomic E-state index is 0.126. The van der Waals surface area contributed by atoms with Crippen LogP contribution in [0.5, 0.6) is 0 Å². The number of anilines is 2. The van der Waals surface area contributed by atoms with Gasteiger partial charge in [-0.25, -0.2) is 14.2 Å². The number of fused-ring (bicyclic) bond motifs is 1. The molecule has 1 unspecified atom stereocenters. The van der Waals surface area contributed by atoms with E-state index in [0.717, 1.165) is 43.1 Å². The molecule has 0 spiro atoms. The van der Waals surface area contributed by atoms with Crippen molar-refractivity contribution in [2.75, 3.05) is 23.3 Å². The lowest BCUT2D eigenvalue weighted by Gasteiger charge is -2.38. The SMILES string of the molecule is Cc1cc(C(C)Nc2cccc(F)c2C(=O)O)c2nc(N3CCC(C)(C)CC3)n(C)c(=O)c2c1. The Bertz CT molecular complexity index is 1320. The number of hydrogen-bond acceptors (Lipinski definition) is 5. The van der Waals surface area contributed by atoms with E-state index in [2.05, 4.69) is 24.1 Å². The quantitative estimate of drug-likeness (QED) is 0.557. The predicted octanol–water partition coefficient (Wildman–Crippen LogP) is 4.88. The second kappa shape index (κ2) is 8.74. The Balaban J connectivity index is 1.81. The normalized spacial score (nSPS) is 16.5. The fourth-order valence-electron chi connectivity index (χ4n) is 4.64. The van der Waals surface area contributed by atoms with E-state index in [9.17, 15) is 19.1 Å². The molecule has 2 heterocycles. The fraction of sp³-hybridized carbons (Fsp3) is 0.423. The summed E-state index contributed by atoms with van der Waals surface area (Å²) in [5.41, 5.74) is 2.12. The second-order valence-electron chi connectivity index (χ2n) is 10.0. The number of aromatic carboxylic acids is 1. The maximum absolute atomic E-state index is 14.2. The number of hydrogen-bond donors (Lipinski definition) is 2. The van der Waals surface area contributed by atoms with Crippen LogP contribution in [-0.4, -0.2) is 33.7 Å². The van der Waals surface area contributed by atoms with Crippen molar-refractivity contribution in [2.45, 2.75) is 46.6 Å². The zero-order chi connectivity index (χ0) is 24.8. The van der Waals surface area contributed by atoms with E-state index < -0.39 is 23.4 Å². The Morgan fingerprint density at radius 3 is 2.56 bits per heavy atom. The summed E-state index contributed by atoms with van der Waals surface area (Å²) in [6.45, 7) is 9.90. The van der Waals surface area contributed by atoms with E-state index in [1.54, 1.807) is 11.6 Å². The first-order valence-corrected chi connectivity index (χ1v) is 11.5. The monoisotopic (exact) mass is 466 g/mol. The highest BCUT2D eigenvalue weighted by molar-refractivity contribution is 5.94. The molecule has 2 aromatic carbocycles. The first kappa shape index (κ1) is 23.7. The van der Waals surface area contributed by atoms with E-state index >= 15 is 0 Å². The number of carboxylic acids is 1. The standard InChI is InChI=1S/C26H31FN4O3/c1-15-13-17(16(2)28-20-8-6-7-19(27)21(20)24(33)34)22-18(14-15)23(32)30(5)25(29-22)31-11-9-26(3,4)10-12-31/h6-8,13-14,16,28H,9-12H2,1-5H3,(H,33,34). The molecule has 3 aromatic rings. The van der Waals surface area contributed by atoms with Crippen molar-refractivity contribution in [3.63, 3.8) is 0 Å². The number of nitrogens with zero attached hydrogens (tertiary/aromatic N) is 3. The van der Waals surface area contributed by atoms with Crippen LogP contribution in [0.25, 0.3) is 10.9 Å². The molecular weight excluding hydrogens is 435 g/mol. The Hall–Kier alpha value is -3.42. The minimum atomic E-state index is -1.34. The molecule has 0 aliphatic carbocycles. The molecule has 1 aliphatic rings. The number of aryl methyl sites for hydroxylation is 1. The topological polar surface area (TPSA) is 87.5 Å². The summed E-state index contributed by atoms with van der Waals surface area (Å²) in [4.78, 5) is 32.1. The van der Waals surface area contributed by atoms with Gasteiger partial charge in [-0.15, -0.1) is 0 Å². The van der Waals surface area contributed by atoms with E-state index in [4.69, 9.17) is 4.98 Å². The molecule has 0 amide bonds. The summed E-state index contributed by atoms with van der Waals surface area (Å²) in [6.07, 6.45) is 2.02. The van der Waals surface area contributed by atoms with Crippen LogP contribution in [0.1, 0.15) is 61.1 Å². The summed E-state index contributed by atoms with van der Waals surface area (Å²) in [5.74, 6) is -1.52. The second-order valence-corrected chi connectivity index (χ2v) is 10.0. The maximum atomic E-state index is 14.2. The number of benzene rings is 2. The molecule has 0 bridgehead atoms. The third-order valence-corrected chi connectivity index (χ3v) is 6.80. The summed E-state index contributed by atoms with van der Waals surface area (Å²) in [6, 6.07) is 7.47. The van der Waals surface area contributed by atoms with Crippen LogP contribution in [0.15, 0.2) is 35.1 Å². The van der Waals surface area contributed by atoms with Crippen molar-refractivity contribution in [1.82, 2.24) is 9.55 Å². The smallest absolute Gasteiger partial charge is 0.340 e. The Kier molecular flexibility index (Phi) is 6.10. The van der Waals surface area contributed by atoms with Gasteiger partial charge in [0.05, 0.1) is 22.6 Å². The van der Waals surface area contributed by atoms with Crippen molar-refractivity contribution in [1.29, 1.82) is 0 Å². The van der Waals surface area contributed by atoms with Crippen LogP contribution in [-0.2, 0) is 7.05 Å². The maximum Gasteiger partial charge on any atom is 0.340 e. The molecule has 0 radical (unpaired) electrons. The number of halogens is 1. The molecule has 1 aromatic heterocycles. The van der Waals surface area contributed by atoms with Gasteiger partial charge in [0, 0.05) is 25.7 Å². The number of carboxylic acid groups (broad SMARTS) is 1.